The molecule has 1 N–H and O–H groups in total. The number of ether oxygens (including phenoxy) is 3. The van der Waals surface area contributed by atoms with Gasteiger partial charge in [0.15, 0.2) is 11.5 Å². The molecule has 3 rings (SSSR count). The zero-order valence-electron chi connectivity index (χ0n) is 19.2. The van der Waals surface area contributed by atoms with Crippen molar-refractivity contribution in [2.24, 2.45) is 0 Å². The lowest BCUT2D eigenvalue weighted by atomic mass is 10.1. The first-order valence-electron chi connectivity index (χ1n) is 10.7. The molecule has 7 heteroatoms. The average molecular weight is 428 g/mol. The molecule has 1 amide bonds. The van der Waals surface area contributed by atoms with Crippen LogP contribution < -0.4 is 24.4 Å². The molecule has 168 valence electrons. The maximum Gasteiger partial charge on any atom is 0.228 e. The summed E-state index contributed by atoms with van der Waals surface area (Å²) in [4.78, 5) is 17.5. The molecule has 0 aliphatic carbocycles. The van der Waals surface area contributed by atoms with Gasteiger partial charge >= 0.3 is 0 Å². The summed E-state index contributed by atoms with van der Waals surface area (Å²) in [7, 11) is 4.68. The second-order valence-corrected chi connectivity index (χ2v) is 7.68. The lowest BCUT2D eigenvalue weighted by Gasteiger charge is -2.36. The molecule has 7 nitrogen and oxygen atoms in total. The number of anilines is 2. The van der Waals surface area contributed by atoms with E-state index in [2.05, 4.69) is 35.0 Å². The van der Waals surface area contributed by atoms with Gasteiger partial charge in [-0.15, -0.1) is 0 Å². The number of hydrogen-bond acceptors (Lipinski definition) is 6. The molecule has 31 heavy (non-hydrogen) atoms. The average Bonchev–Trinajstić information content (AvgIpc) is 2.78. The van der Waals surface area contributed by atoms with Crippen molar-refractivity contribution in [3.63, 3.8) is 0 Å². The second-order valence-electron chi connectivity index (χ2n) is 7.68. The first-order valence-corrected chi connectivity index (χ1v) is 10.7. The van der Waals surface area contributed by atoms with Crippen molar-refractivity contribution in [2.75, 3.05) is 64.3 Å². The molecule has 0 unspecified atom stereocenters. The Morgan fingerprint density at radius 2 is 1.61 bits per heavy atom. The molecule has 0 radical (unpaired) electrons. The Bertz CT molecular complexity index is 883. The molecule has 0 atom stereocenters. The molecular weight excluding hydrogens is 394 g/mol. The summed E-state index contributed by atoms with van der Waals surface area (Å²) in [6, 6.07) is 9.71. The third kappa shape index (κ3) is 5.41. The number of aryl methyl sites for hydroxylation is 1. The summed E-state index contributed by atoms with van der Waals surface area (Å²) in [5, 5.41) is 3.00. The summed E-state index contributed by atoms with van der Waals surface area (Å²) in [6.07, 6.45) is 0.205. The molecule has 1 heterocycles. The fourth-order valence-corrected chi connectivity index (χ4v) is 4.02. The fourth-order valence-electron chi connectivity index (χ4n) is 4.02. The number of carbonyl (C=O) groups excluding carboxylic acids is 1. The van der Waals surface area contributed by atoms with Crippen LogP contribution in [0.2, 0.25) is 0 Å². The Morgan fingerprint density at radius 3 is 2.13 bits per heavy atom. The lowest BCUT2D eigenvalue weighted by molar-refractivity contribution is -0.115. The second kappa shape index (κ2) is 10.4. The number of rotatable bonds is 8. The molecule has 2 aromatic carbocycles. The molecule has 1 aliphatic rings. The number of nitrogens with one attached hydrogen (secondary N) is 1. The van der Waals surface area contributed by atoms with E-state index in [4.69, 9.17) is 14.2 Å². The van der Waals surface area contributed by atoms with E-state index in [1.54, 1.807) is 33.5 Å². The highest BCUT2D eigenvalue weighted by Crippen LogP contribution is 2.38. The van der Waals surface area contributed by atoms with Gasteiger partial charge in [-0.2, -0.15) is 0 Å². The smallest absolute Gasteiger partial charge is 0.228 e. The molecule has 0 saturated carbocycles. The van der Waals surface area contributed by atoms with E-state index >= 15 is 0 Å². The summed E-state index contributed by atoms with van der Waals surface area (Å²) >= 11 is 0. The predicted molar refractivity (Wildman–Crippen MR) is 124 cm³/mol. The fraction of sp³-hybridized carbons (Fsp3) is 0.458. The molecule has 2 aromatic rings. The highest BCUT2D eigenvalue weighted by Gasteiger charge is 2.18. The zero-order chi connectivity index (χ0) is 22.4. The minimum absolute atomic E-state index is 0.0991. The van der Waals surface area contributed by atoms with Crippen molar-refractivity contribution in [3.05, 3.63) is 41.5 Å². The predicted octanol–water partition coefficient (Wildman–Crippen LogP) is 3.34. The van der Waals surface area contributed by atoms with Crippen LogP contribution in [0.1, 0.15) is 18.1 Å². The SMILES string of the molecule is CCN1CCN(c2ccc(NC(=O)Cc3cc(OC)c(OC)c(OC)c3)cc2C)CC1. The van der Waals surface area contributed by atoms with E-state index < -0.39 is 0 Å². The normalized spacial score (nSPS) is 14.3. The minimum Gasteiger partial charge on any atom is -0.493 e. The molecule has 1 fully saturated rings. The molecule has 1 aliphatic heterocycles. The van der Waals surface area contributed by atoms with Crippen molar-refractivity contribution >= 4 is 17.3 Å². The van der Waals surface area contributed by atoms with Crippen LogP contribution in [0.4, 0.5) is 11.4 Å². The van der Waals surface area contributed by atoms with Gasteiger partial charge in [-0.3, -0.25) is 4.79 Å². The first kappa shape index (κ1) is 22.7. The van der Waals surface area contributed by atoms with Crippen LogP contribution in [-0.4, -0.2) is 64.9 Å². The molecule has 0 aromatic heterocycles. The third-order valence-corrected chi connectivity index (χ3v) is 5.73. The largest absolute Gasteiger partial charge is 0.493 e. The Labute approximate surface area is 184 Å². The van der Waals surface area contributed by atoms with Gasteiger partial charge in [0.1, 0.15) is 0 Å². The maximum atomic E-state index is 12.7. The van der Waals surface area contributed by atoms with Gasteiger partial charge in [-0.25, -0.2) is 0 Å². The highest BCUT2D eigenvalue weighted by atomic mass is 16.5. The van der Waals surface area contributed by atoms with Crippen molar-refractivity contribution in [2.45, 2.75) is 20.3 Å². The number of methoxy groups -OCH3 is 3. The Balaban J connectivity index is 1.66. The van der Waals surface area contributed by atoms with Gasteiger partial charge in [-0.1, -0.05) is 6.92 Å². The highest BCUT2D eigenvalue weighted by molar-refractivity contribution is 5.92. The first-order chi connectivity index (χ1) is 15.0. The number of carbonyl (C=O) groups is 1. The number of benzene rings is 2. The summed E-state index contributed by atoms with van der Waals surface area (Å²) < 4.78 is 16.1. The van der Waals surface area contributed by atoms with E-state index in [1.807, 2.05) is 12.1 Å². The molecule has 1 saturated heterocycles. The van der Waals surface area contributed by atoms with Crippen molar-refractivity contribution in [1.29, 1.82) is 0 Å². The number of amides is 1. The van der Waals surface area contributed by atoms with Crippen LogP contribution in [0.15, 0.2) is 30.3 Å². The Kier molecular flexibility index (Phi) is 7.63. The van der Waals surface area contributed by atoms with Crippen molar-refractivity contribution in [3.8, 4) is 17.2 Å². The molecule has 0 bridgehead atoms. The summed E-state index contributed by atoms with van der Waals surface area (Å²) in [6.45, 7) is 9.63. The molecular formula is C24H33N3O4. The standard InChI is InChI=1S/C24H33N3O4/c1-6-26-9-11-27(12-10-26)20-8-7-19(13-17(20)2)25-23(28)16-18-14-21(29-3)24(31-5)22(15-18)30-4/h7-8,13-15H,6,9-12,16H2,1-5H3,(H,25,28). The number of nitrogens with zero attached hydrogens (tertiary/aromatic N) is 2. The van der Waals surface area contributed by atoms with E-state index in [1.165, 1.54) is 5.69 Å². The van der Waals surface area contributed by atoms with Crippen molar-refractivity contribution in [1.82, 2.24) is 4.90 Å². The Hall–Kier alpha value is -2.93. The van der Waals surface area contributed by atoms with Gasteiger partial charge in [0, 0.05) is 37.6 Å². The van der Waals surface area contributed by atoms with Crippen molar-refractivity contribution < 1.29 is 19.0 Å². The topological polar surface area (TPSA) is 63.3 Å². The van der Waals surface area contributed by atoms with Crippen LogP contribution in [0.5, 0.6) is 17.2 Å². The van der Waals surface area contributed by atoms with E-state index in [-0.39, 0.29) is 12.3 Å². The third-order valence-electron chi connectivity index (χ3n) is 5.73. The minimum atomic E-state index is -0.0991. The van der Waals surface area contributed by atoms with Crippen LogP contribution in [0.3, 0.4) is 0 Å². The van der Waals surface area contributed by atoms with Crippen LogP contribution in [-0.2, 0) is 11.2 Å². The van der Waals surface area contributed by atoms with E-state index in [9.17, 15) is 4.79 Å². The Morgan fingerprint density at radius 1 is 0.968 bits per heavy atom. The van der Waals surface area contributed by atoms with Crippen LogP contribution >= 0.6 is 0 Å². The zero-order valence-corrected chi connectivity index (χ0v) is 19.2. The van der Waals surface area contributed by atoms with Gasteiger partial charge < -0.3 is 29.3 Å². The number of hydrogen-bond donors (Lipinski definition) is 1. The van der Waals surface area contributed by atoms with Gasteiger partial charge in [0.25, 0.3) is 0 Å². The monoisotopic (exact) mass is 427 g/mol. The quantitative estimate of drug-likeness (QED) is 0.697. The summed E-state index contributed by atoms with van der Waals surface area (Å²) in [5.74, 6) is 1.49. The molecule has 0 spiro atoms. The van der Waals surface area contributed by atoms with E-state index in [0.717, 1.165) is 49.5 Å². The number of likely N-dealkylation sites (N-methyl/N-ethyl adjacent to an activating group) is 1. The van der Waals surface area contributed by atoms with Gasteiger partial charge in [0.2, 0.25) is 11.7 Å². The van der Waals surface area contributed by atoms with Gasteiger partial charge in [0.05, 0.1) is 27.8 Å². The number of piperazine rings is 1. The van der Waals surface area contributed by atoms with Gasteiger partial charge in [-0.05, 0) is 54.9 Å². The lowest BCUT2D eigenvalue weighted by Crippen LogP contribution is -2.46. The summed E-state index contributed by atoms with van der Waals surface area (Å²) in [5.41, 5.74) is 3.98. The van der Waals surface area contributed by atoms with Crippen LogP contribution in [0, 0.1) is 6.92 Å². The van der Waals surface area contributed by atoms with E-state index in [0.29, 0.717) is 17.2 Å². The van der Waals surface area contributed by atoms with Crippen LogP contribution in [0.25, 0.3) is 0 Å². The maximum absolute atomic E-state index is 12.7.